The average Bonchev–Trinajstić information content (AvgIpc) is 2.80. The van der Waals surface area contributed by atoms with Crippen molar-refractivity contribution in [1.29, 1.82) is 0 Å². The Hall–Kier alpha value is -3.43. The molecule has 7 nitrogen and oxygen atoms in total. The number of nitrogens with zero attached hydrogens (tertiary/aromatic N) is 1. The Labute approximate surface area is 189 Å². The zero-order valence-electron chi connectivity index (χ0n) is 18.7. The van der Waals surface area contributed by atoms with E-state index in [-0.39, 0.29) is 25.1 Å². The number of anilines is 1. The van der Waals surface area contributed by atoms with Gasteiger partial charge in [0.05, 0.1) is 32.1 Å². The highest BCUT2D eigenvalue weighted by Gasteiger charge is 2.36. The molecule has 0 aromatic heterocycles. The van der Waals surface area contributed by atoms with Crippen LogP contribution in [0.1, 0.15) is 42.1 Å². The first-order valence-electron chi connectivity index (χ1n) is 10.4. The molecule has 2 amide bonds. The highest BCUT2D eigenvalue weighted by atomic mass is 19.2. The molecule has 2 unspecified atom stereocenters. The van der Waals surface area contributed by atoms with Crippen LogP contribution in [0.15, 0.2) is 24.3 Å². The molecule has 0 radical (unpaired) electrons. The van der Waals surface area contributed by atoms with Crippen LogP contribution in [0, 0.1) is 17.5 Å². The minimum atomic E-state index is -1.71. The smallest absolute Gasteiger partial charge is 0.414 e. The average molecular weight is 466 g/mol. The number of methoxy groups -OCH3 is 2. The van der Waals surface area contributed by atoms with Crippen LogP contribution in [0.25, 0.3) is 0 Å². The number of hydrogen-bond acceptors (Lipinski definition) is 5. The molecule has 1 aliphatic heterocycles. The molecule has 0 spiro atoms. The fourth-order valence-electron chi connectivity index (χ4n) is 3.98. The van der Waals surface area contributed by atoms with E-state index < -0.39 is 35.0 Å². The Morgan fingerprint density at radius 1 is 1.09 bits per heavy atom. The van der Waals surface area contributed by atoms with Crippen molar-refractivity contribution >= 4 is 17.7 Å². The Morgan fingerprint density at radius 2 is 1.76 bits per heavy atom. The van der Waals surface area contributed by atoms with Crippen molar-refractivity contribution in [1.82, 2.24) is 5.32 Å². The Balaban J connectivity index is 1.93. The summed E-state index contributed by atoms with van der Waals surface area (Å²) in [6.07, 6.45) is -0.0771. The van der Waals surface area contributed by atoms with E-state index in [4.69, 9.17) is 14.2 Å². The monoisotopic (exact) mass is 466 g/mol. The van der Waals surface area contributed by atoms with E-state index in [1.807, 2.05) is 6.92 Å². The van der Waals surface area contributed by atoms with E-state index in [0.717, 1.165) is 6.07 Å². The number of halogens is 3. The summed E-state index contributed by atoms with van der Waals surface area (Å²) in [5.41, 5.74) is 0.617. The summed E-state index contributed by atoms with van der Waals surface area (Å²) >= 11 is 0. The van der Waals surface area contributed by atoms with Gasteiger partial charge in [-0.05, 0) is 44.0 Å². The second-order valence-corrected chi connectivity index (χ2v) is 7.55. The van der Waals surface area contributed by atoms with E-state index in [2.05, 4.69) is 5.32 Å². The lowest BCUT2D eigenvalue weighted by Gasteiger charge is -2.39. The number of hydrogen-bond donors (Lipinski definition) is 1. The van der Waals surface area contributed by atoms with Crippen molar-refractivity contribution in [2.24, 2.45) is 0 Å². The van der Waals surface area contributed by atoms with Crippen LogP contribution in [0.4, 0.5) is 23.7 Å². The predicted octanol–water partition coefficient (Wildman–Crippen LogP) is 4.39. The summed E-state index contributed by atoms with van der Waals surface area (Å²) in [6, 6.07) is 4.65. The molecule has 33 heavy (non-hydrogen) atoms. The second-order valence-electron chi connectivity index (χ2n) is 7.55. The van der Waals surface area contributed by atoms with Gasteiger partial charge in [-0.1, -0.05) is 0 Å². The number of amides is 2. The van der Waals surface area contributed by atoms with Gasteiger partial charge < -0.3 is 19.5 Å². The third kappa shape index (κ3) is 4.69. The number of fused-ring (bicyclic) bond motifs is 1. The predicted molar refractivity (Wildman–Crippen MR) is 115 cm³/mol. The molecule has 0 saturated carbocycles. The molecule has 0 aliphatic carbocycles. The zero-order chi connectivity index (χ0) is 24.3. The fourth-order valence-corrected chi connectivity index (χ4v) is 3.98. The second kappa shape index (κ2) is 10.0. The number of nitrogens with one attached hydrogen (secondary N) is 1. The molecule has 10 heteroatoms. The molecule has 3 rings (SSSR count). The quantitative estimate of drug-likeness (QED) is 0.639. The molecule has 2 aromatic rings. The van der Waals surface area contributed by atoms with Gasteiger partial charge in [0.25, 0.3) is 5.91 Å². The van der Waals surface area contributed by atoms with E-state index >= 15 is 0 Å². The van der Waals surface area contributed by atoms with Crippen LogP contribution in [-0.2, 0) is 4.74 Å². The summed E-state index contributed by atoms with van der Waals surface area (Å²) in [7, 11) is 2.95. The molecule has 2 atom stereocenters. The van der Waals surface area contributed by atoms with Crippen LogP contribution in [-0.4, -0.2) is 45.4 Å². The first kappa shape index (κ1) is 24.2. The highest BCUT2D eigenvalue weighted by molar-refractivity contribution is 5.95. The Kier molecular flexibility index (Phi) is 7.35. The van der Waals surface area contributed by atoms with Gasteiger partial charge in [0, 0.05) is 24.6 Å². The zero-order valence-corrected chi connectivity index (χ0v) is 18.7. The molecular weight excluding hydrogens is 441 g/mol. The van der Waals surface area contributed by atoms with E-state index in [0.29, 0.717) is 35.2 Å². The van der Waals surface area contributed by atoms with Gasteiger partial charge in [-0.15, -0.1) is 0 Å². The molecule has 178 valence electrons. The van der Waals surface area contributed by atoms with Crippen molar-refractivity contribution in [3.05, 3.63) is 52.8 Å². The van der Waals surface area contributed by atoms with Crippen molar-refractivity contribution in [3.8, 4) is 11.5 Å². The highest BCUT2D eigenvalue weighted by Crippen LogP contribution is 2.44. The first-order valence-corrected chi connectivity index (χ1v) is 10.4. The summed E-state index contributed by atoms with van der Waals surface area (Å²) < 4.78 is 56.7. The van der Waals surface area contributed by atoms with Gasteiger partial charge in [-0.25, -0.2) is 18.0 Å². The van der Waals surface area contributed by atoms with Gasteiger partial charge in [-0.3, -0.25) is 9.69 Å². The maximum atomic E-state index is 14.0. The maximum Gasteiger partial charge on any atom is 0.414 e. The molecule has 1 aliphatic rings. The number of ether oxygens (including phenoxy) is 3. The van der Waals surface area contributed by atoms with Crippen LogP contribution in [0.2, 0.25) is 0 Å². The van der Waals surface area contributed by atoms with E-state index in [1.165, 1.54) is 19.1 Å². The van der Waals surface area contributed by atoms with Crippen molar-refractivity contribution in [3.63, 3.8) is 0 Å². The van der Waals surface area contributed by atoms with E-state index in [1.54, 1.807) is 19.1 Å². The van der Waals surface area contributed by atoms with Crippen LogP contribution in [0.5, 0.6) is 11.5 Å². The molecule has 2 aromatic carbocycles. The van der Waals surface area contributed by atoms with Crippen LogP contribution >= 0.6 is 0 Å². The number of rotatable bonds is 6. The summed E-state index contributed by atoms with van der Waals surface area (Å²) in [5, 5.41) is 2.58. The molecule has 0 fully saturated rings. The van der Waals surface area contributed by atoms with E-state index in [9.17, 15) is 22.8 Å². The lowest BCUT2D eigenvalue weighted by atomic mass is 9.85. The van der Waals surface area contributed by atoms with Gasteiger partial charge in [0.1, 0.15) is 0 Å². The summed E-state index contributed by atoms with van der Waals surface area (Å²) in [5.74, 6) is -4.97. The number of benzene rings is 2. The molecule has 0 bridgehead atoms. The maximum absolute atomic E-state index is 14.0. The Morgan fingerprint density at radius 3 is 2.39 bits per heavy atom. The topological polar surface area (TPSA) is 77.1 Å². The lowest BCUT2D eigenvalue weighted by Crippen LogP contribution is -2.45. The molecular formula is C23H25F3N2O5. The molecule has 1 heterocycles. The minimum Gasteiger partial charge on any atom is -0.493 e. The fraction of sp³-hybridized carbons (Fsp3) is 0.391. The van der Waals surface area contributed by atoms with Crippen LogP contribution < -0.4 is 19.7 Å². The van der Waals surface area contributed by atoms with Crippen molar-refractivity contribution in [2.45, 2.75) is 32.2 Å². The standard InChI is InChI=1S/C23H25F3N2O5/c1-5-33-23(30)28-12(2)8-13(15-9-18(31-3)19(32-4)10-17(15)28)11-27-22(29)14-6-7-16(24)21(26)20(14)25/h6-7,9-10,12-13H,5,8,11H2,1-4H3,(H,27,29). The minimum absolute atomic E-state index is 0.0563. The van der Waals surface area contributed by atoms with Gasteiger partial charge in [0.2, 0.25) is 0 Å². The van der Waals surface area contributed by atoms with Crippen molar-refractivity contribution < 1.29 is 37.0 Å². The summed E-state index contributed by atoms with van der Waals surface area (Å²) in [4.78, 5) is 26.6. The van der Waals surface area contributed by atoms with Crippen molar-refractivity contribution in [2.75, 3.05) is 32.3 Å². The van der Waals surface area contributed by atoms with Gasteiger partial charge in [-0.2, -0.15) is 0 Å². The Bertz CT molecular complexity index is 1060. The third-order valence-electron chi connectivity index (χ3n) is 5.55. The van der Waals surface area contributed by atoms with Gasteiger partial charge in [0.15, 0.2) is 29.0 Å². The molecule has 0 saturated heterocycles. The van der Waals surface area contributed by atoms with Crippen LogP contribution in [0.3, 0.4) is 0 Å². The lowest BCUT2D eigenvalue weighted by molar-refractivity contribution is 0.0944. The third-order valence-corrected chi connectivity index (χ3v) is 5.55. The first-order chi connectivity index (χ1) is 15.7. The number of carbonyl (C=O) groups is 2. The summed E-state index contributed by atoms with van der Waals surface area (Å²) in [6.45, 7) is 3.79. The molecule has 1 N–H and O–H groups in total. The van der Waals surface area contributed by atoms with Gasteiger partial charge >= 0.3 is 6.09 Å². The normalized spacial score (nSPS) is 17.2. The largest absolute Gasteiger partial charge is 0.493 e. The number of carbonyl (C=O) groups excluding carboxylic acids is 2. The SMILES string of the molecule is CCOC(=O)N1c2cc(OC)c(OC)cc2C(CNC(=O)c2ccc(F)c(F)c2F)CC1C.